The van der Waals surface area contributed by atoms with Crippen LogP contribution in [0.1, 0.15) is 36.1 Å². The summed E-state index contributed by atoms with van der Waals surface area (Å²) >= 11 is 1.55. The van der Waals surface area contributed by atoms with Gasteiger partial charge >= 0.3 is 0 Å². The summed E-state index contributed by atoms with van der Waals surface area (Å²) < 4.78 is 27.9. The first-order valence-electron chi connectivity index (χ1n) is 6.35. The molecule has 4 heteroatoms. The maximum absolute atomic E-state index is 14.0. The lowest BCUT2D eigenvalue weighted by molar-refractivity contribution is 0.503. The topological polar surface area (TPSA) is 12.0 Å². The first-order valence-corrected chi connectivity index (χ1v) is 7.29. The van der Waals surface area contributed by atoms with E-state index in [0.29, 0.717) is 6.54 Å². The monoisotopic (exact) mass is 281 g/mol. The van der Waals surface area contributed by atoms with Gasteiger partial charge in [0.1, 0.15) is 11.6 Å². The lowest BCUT2D eigenvalue weighted by Gasteiger charge is -2.20. The smallest absolute Gasteiger partial charge is 0.131 e. The van der Waals surface area contributed by atoms with Crippen LogP contribution in [-0.2, 0) is 0 Å². The van der Waals surface area contributed by atoms with Gasteiger partial charge in [-0.1, -0.05) is 13.0 Å². The maximum atomic E-state index is 14.0. The molecule has 102 valence electrons. The largest absolute Gasteiger partial charge is 0.306 e. The van der Waals surface area contributed by atoms with Crippen molar-refractivity contribution in [3.8, 4) is 0 Å². The van der Waals surface area contributed by atoms with E-state index in [2.05, 4.69) is 5.32 Å². The molecule has 1 nitrogen and oxygen atoms in total. The molecule has 0 aliphatic rings. The molecule has 1 aromatic heterocycles. The van der Waals surface area contributed by atoms with Crippen LogP contribution in [0.2, 0.25) is 0 Å². The Kier molecular flexibility index (Phi) is 4.66. The molecule has 0 amide bonds. The van der Waals surface area contributed by atoms with Crippen molar-refractivity contribution < 1.29 is 8.78 Å². The van der Waals surface area contributed by atoms with E-state index < -0.39 is 17.7 Å². The highest BCUT2D eigenvalue weighted by molar-refractivity contribution is 7.08. The lowest BCUT2D eigenvalue weighted by atomic mass is 9.97. The van der Waals surface area contributed by atoms with Gasteiger partial charge in [-0.25, -0.2) is 8.78 Å². The van der Waals surface area contributed by atoms with Crippen LogP contribution in [0.3, 0.4) is 0 Å². The molecule has 0 saturated carbocycles. The Morgan fingerprint density at radius 3 is 2.42 bits per heavy atom. The van der Waals surface area contributed by atoms with Gasteiger partial charge in [-0.15, -0.1) is 0 Å². The lowest BCUT2D eigenvalue weighted by Crippen LogP contribution is -2.25. The molecular formula is C15H17F2NS. The fraction of sp³-hybridized carbons (Fsp3) is 0.333. The number of rotatable bonds is 5. The fourth-order valence-electron chi connectivity index (χ4n) is 2.11. The van der Waals surface area contributed by atoms with E-state index in [1.54, 1.807) is 11.3 Å². The molecule has 0 fully saturated rings. The Hall–Kier alpha value is -1.26. The highest BCUT2D eigenvalue weighted by atomic mass is 32.1. The Morgan fingerprint density at radius 1 is 1.21 bits per heavy atom. The molecule has 1 atom stereocenters. The molecule has 1 unspecified atom stereocenters. The fourth-order valence-corrected chi connectivity index (χ4v) is 2.99. The van der Waals surface area contributed by atoms with E-state index in [9.17, 15) is 8.78 Å². The van der Waals surface area contributed by atoms with Gasteiger partial charge in [0.25, 0.3) is 0 Å². The van der Waals surface area contributed by atoms with Crippen LogP contribution in [0.5, 0.6) is 0 Å². The van der Waals surface area contributed by atoms with Crippen LogP contribution in [0, 0.1) is 18.6 Å². The van der Waals surface area contributed by atoms with Crippen LogP contribution >= 0.6 is 11.3 Å². The average Bonchev–Trinajstić information content (AvgIpc) is 2.79. The van der Waals surface area contributed by atoms with Crippen molar-refractivity contribution in [2.75, 3.05) is 6.54 Å². The average molecular weight is 281 g/mol. The molecule has 0 bridgehead atoms. The predicted octanol–water partition coefficient (Wildman–Crippen LogP) is 4.42. The van der Waals surface area contributed by atoms with Crippen LogP contribution in [-0.4, -0.2) is 6.54 Å². The Bertz CT molecular complexity index is 531. The van der Waals surface area contributed by atoms with E-state index in [1.807, 2.05) is 24.6 Å². The zero-order valence-electron chi connectivity index (χ0n) is 11.0. The molecule has 0 aliphatic carbocycles. The highest BCUT2D eigenvalue weighted by Gasteiger charge is 2.23. The summed E-state index contributed by atoms with van der Waals surface area (Å²) in [5, 5.41) is 7.18. The van der Waals surface area contributed by atoms with Gasteiger partial charge in [0.15, 0.2) is 0 Å². The summed E-state index contributed by atoms with van der Waals surface area (Å²) in [6.45, 7) is 4.71. The minimum atomic E-state index is -0.501. The van der Waals surface area contributed by atoms with E-state index in [4.69, 9.17) is 0 Å². The standard InChI is InChI=1S/C15H17F2NS/c1-3-7-18-15(11-9-19-8-10(11)2)14-12(16)5-4-6-13(14)17/h4-6,8-9,15,18H,3,7H2,1-2H3. The third kappa shape index (κ3) is 3.01. The first-order chi connectivity index (χ1) is 9.15. The maximum Gasteiger partial charge on any atom is 0.131 e. The number of hydrogen-bond acceptors (Lipinski definition) is 2. The van der Waals surface area contributed by atoms with Gasteiger partial charge in [0, 0.05) is 5.56 Å². The van der Waals surface area contributed by atoms with Gasteiger partial charge in [-0.05, 0) is 53.9 Å². The number of nitrogens with one attached hydrogen (secondary N) is 1. The number of hydrogen-bond donors (Lipinski definition) is 1. The second-order valence-electron chi connectivity index (χ2n) is 4.53. The number of aryl methyl sites for hydroxylation is 1. The summed E-state index contributed by atoms with van der Waals surface area (Å²) in [6.07, 6.45) is 0.912. The zero-order valence-corrected chi connectivity index (χ0v) is 11.9. The van der Waals surface area contributed by atoms with Gasteiger partial charge in [0.05, 0.1) is 6.04 Å². The molecule has 0 radical (unpaired) electrons. The van der Waals surface area contributed by atoms with Gasteiger partial charge in [-0.3, -0.25) is 0 Å². The quantitative estimate of drug-likeness (QED) is 0.855. The Labute approximate surface area is 116 Å². The number of benzene rings is 1. The minimum Gasteiger partial charge on any atom is -0.306 e. The van der Waals surface area contributed by atoms with Crippen molar-refractivity contribution in [1.82, 2.24) is 5.32 Å². The Balaban J connectivity index is 2.46. The summed E-state index contributed by atoms with van der Waals surface area (Å²) in [4.78, 5) is 0. The number of thiophene rings is 1. The summed E-state index contributed by atoms with van der Waals surface area (Å²) in [5.74, 6) is -1.00. The van der Waals surface area contributed by atoms with Crippen LogP contribution in [0.25, 0.3) is 0 Å². The van der Waals surface area contributed by atoms with Crippen LogP contribution in [0.15, 0.2) is 29.0 Å². The molecule has 2 aromatic rings. The molecule has 0 spiro atoms. The SMILES string of the molecule is CCCNC(c1cscc1C)c1c(F)cccc1F. The van der Waals surface area contributed by atoms with E-state index >= 15 is 0 Å². The van der Waals surface area contributed by atoms with Crippen molar-refractivity contribution in [2.45, 2.75) is 26.3 Å². The summed E-state index contributed by atoms with van der Waals surface area (Å²) in [6, 6.07) is 3.58. The van der Waals surface area contributed by atoms with Crippen molar-refractivity contribution in [2.24, 2.45) is 0 Å². The van der Waals surface area contributed by atoms with Gasteiger partial charge in [-0.2, -0.15) is 11.3 Å². The zero-order chi connectivity index (χ0) is 13.8. The van der Waals surface area contributed by atoms with E-state index in [0.717, 1.165) is 17.5 Å². The van der Waals surface area contributed by atoms with Gasteiger partial charge in [0.2, 0.25) is 0 Å². The highest BCUT2D eigenvalue weighted by Crippen LogP contribution is 2.30. The van der Waals surface area contributed by atoms with Crippen LogP contribution in [0.4, 0.5) is 8.78 Å². The second kappa shape index (κ2) is 6.26. The summed E-state index contributed by atoms with van der Waals surface area (Å²) in [7, 11) is 0. The molecule has 1 aromatic carbocycles. The molecule has 1 N–H and O–H groups in total. The predicted molar refractivity (Wildman–Crippen MR) is 75.6 cm³/mol. The van der Waals surface area contributed by atoms with Crippen molar-refractivity contribution >= 4 is 11.3 Å². The molecule has 0 saturated heterocycles. The third-order valence-corrected chi connectivity index (χ3v) is 3.97. The molecule has 0 aliphatic heterocycles. The van der Waals surface area contributed by atoms with Crippen LogP contribution < -0.4 is 5.32 Å². The van der Waals surface area contributed by atoms with Crippen molar-refractivity contribution in [3.63, 3.8) is 0 Å². The summed E-state index contributed by atoms with van der Waals surface area (Å²) in [5.41, 5.74) is 2.11. The van der Waals surface area contributed by atoms with E-state index in [-0.39, 0.29) is 5.56 Å². The normalized spacial score (nSPS) is 12.6. The van der Waals surface area contributed by atoms with E-state index in [1.165, 1.54) is 18.2 Å². The first kappa shape index (κ1) is 14.2. The van der Waals surface area contributed by atoms with Gasteiger partial charge < -0.3 is 5.32 Å². The minimum absolute atomic E-state index is 0.109. The molecule has 1 heterocycles. The number of halogens is 2. The second-order valence-corrected chi connectivity index (χ2v) is 5.28. The molecule has 19 heavy (non-hydrogen) atoms. The molecule has 2 rings (SSSR count). The third-order valence-electron chi connectivity index (χ3n) is 3.09. The van der Waals surface area contributed by atoms with Crippen molar-refractivity contribution in [3.05, 3.63) is 57.3 Å². The Morgan fingerprint density at radius 2 is 1.89 bits per heavy atom. The van der Waals surface area contributed by atoms with Crippen molar-refractivity contribution in [1.29, 1.82) is 0 Å². The molecular weight excluding hydrogens is 264 g/mol.